The number of fused-ring (bicyclic) bond motifs is 1. The van der Waals surface area contributed by atoms with Crippen LogP contribution in [0.3, 0.4) is 0 Å². The van der Waals surface area contributed by atoms with Gasteiger partial charge in [0.2, 0.25) is 5.91 Å². The first-order valence-electron chi connectivity index (χ1n) is 12.9. The van der Waals surface area contributed by atoms with Crippen molar-refractivity contribution in [3.8, 4) is 23.3 Å². The molecule has 0 unspecified atom stereocenters. The number of amides is 2. The van der Waals surface area contributed by atoms with Crippen molar-refractivity contribution in [1.29, 1.82) is 0 Å². The number of ether oxygens (including phenoxy) is 3. The zero-order valence-electron chi connectivity index (χ0n) is 21.8. The molecule has 38 heavy (non-hydrogen) atoms. The van der Waals surface area contributed by atoms with Crippen LogP contribution in [0.2, 0.25) is 5.02 Å². The van der Waals surface area contributed by atoms with Crippen molar-refractivity contribution in [2.45, 2.75) is 38.4 Å². The molecular weight excluding hydrogens is 506 g/mol. The summed E-state index contributed by atoms with van der Waals surface area (Å²) in [4.78, 5) is 27.3. The van der Waals surface area contributed by atoms with Gasteiger partial charge >= 0.3 is 0 Å². The van der Waals surface area contributed by atoms with E-state index in [2.05, 4.69) is 31.0 Å². The Balaban J connectivity index is 1.33. The average Bonchev–Trinajstić information content (AvgIpc) is 3.25. The third kappa shape index (κ3) is 6.79. The minimum absolute atomic E-state index is 0.106. The summed E-state index contributed by atoms with van der Waals surface area (Å²) in [5.41, 5.74) is 6.97. The lowest BCUT2D eigenvalue weighted by atomic mass is 9.86. The SMILES string of the molecule is CC(C)[C@H](C(=O)N1CCC2(CC1)Oc1ccc(C#CC(=O)NCCOCCN)cc1O2)c1ccc(Cl)cc1. The Morgan fingerprint density at radius 1 is 1.11 bits per heavy atom. The van der Waals surface area contributed by atoms with Gasteiger partial charge in [-0.25, -0.2) is 0 Å². The summed E-state index contributed by atoms with van der Waals surface area (Å²) in [6.07, 6.45) is 1.10. The maximum atomic E-state index is 13.5. The molecule has 3 N–H and O–H groups in total. The number of nitrogens with one attached hydrogen (secondary N) is 1. The second-order valence-electron chi connectivity index (χ2n) is 9.78. The van der Waals surface area contributed by atoms with Crippen molar-refractivity contribution in [3.63, 3.8) is 0 Å². The highest BCUT2D eigenvalue weighted by Gasteiger charge is 2.46. The number of nitrogens with two attached hydrogens (primary N) is 1. The minimum atomic E-state index is -0.806. The highest BCUT2D eigenvalue weighted by molar-refractivity contribution is 6.30. The highest BCUT2D eigenvalue weighted by atomic mass is 35.5. The van der Waals surface area contributed by atoms with E-state index in [4.69, 9.17) is 31.5 Å². The maximum Gasteiger partial charge on any atom is 0.296 e. The van der Waals surface area contributed by atoms with Crippen LogP contribution in [0.25, 0.3) is 0 Å². The summed E-state index contributed by atoms with van der Waals surface area (Å²) in [5.74, 6) is 5.50. The predicted octanol–water partition coefficient (Wildman–Crippen LogP) is 3.31. The van der Waals surface area contributed by atoms with Gasteiger partial charge in [0.15, 0.2) is 11.5 Å². The van der Waals surface area contributed by atoms with Crippen LogP contribution in [0.4, 0.5) is 0 Å². The summed E-state index contributed by atoms with van der Waals surface area (Å²) in [7, 11) is 0. The summed E-state index contributed by atoms with van der Waals surface area (Å²) in [5, 5.41) is 3.33. The van der Waals surface area contributed by atoms with E-state index in [1.165, 1.54) is 0 Å². The first-order valence-corrected chi connectivity index (χ1v) is 13.3. The number of likely N-dealkylation sites (tertiary alicyclic amines) is 1. The van der Waals surface area contributed by atoms with Crippen molar-refractivity contribution in [2.24, 2.45) is 11.7 Å². The maximum absolute atomic E-state index is 13.5. The number of hydrogen-bond donors (Lipinski definition) is 2. The molecule has 1 atom stereocenters. The zero-order chi connectivity index (χ0) is 27.1. The lowest BCUT2D eigenvalue weighted by Crippen LogP contribution is -2.52. The molecule has 2 aliphatic rings. The van der Waals surface area contributed by atoms with Gasteiger partial charge in [-0.05, 0) is 41.8 Å². The molecular formula is C29H34ClN3O5. The number of halogens is 1. The van der Waals surface area contributed by atoms with Crippen LogP contribution >= 0.6 is 11.6 Å². The molecule has 2 amide bonds. The first kappa shape index (κ1) is 27.8. The van der Waals surface area contributed by atoms with Crippen LogP contribution in [-0.4, -0.2) is 61.9 Å². The number of carbonyl (C=O) groups excluding carboxylic acids is 2. The molecule has 0 aromatic heterocycles. The Bertz CT molecular complexity index is 1200. The molecule has 4 rings (SSSR count). The number of carbonyl (C=O) groups is 2. The Kier molecular flexibility index (Phi) is 9.16. The molecule has 1 saturated heterocycles. The van der Waals surface area contributed by atoms with Gasteiger partial charge in [0.1, 0.15) is 0 Å². The number of nitrogens with zero attached hydrogens (tertiary/aromatic N) is 1. The molecule has 2 aromatic carbocycles. The van der Waals surface area contributed by atoms with E-state index in [-0.39, 0.29) is 23.7 Å². The summed E-state index contributed by atoms with van der Waals surface area (Å²) < 4.78 is 17.7. The predicted molar refractivity (Wildman–Crippen MR) is 145 cm³/mol. The molecule has 8 nitrogen and oxygen atoms in total. The second kappa shape index (κ2) is 12.5. The minimum Gasteiger partial charge on any atom is -0.448 e. The van der Waals surface area contributed by atoms with Crippen LogP contribution in [0.15, 0.2) is 42.5 Å². The van der Waals surface area contributed by atoms with Crippen LogP contribution in [0.5, 0.6) is 11.5 Å². The van der Waals surface area contributed by atoms with Crippen LogP contribution < -0.4 is 20.5 Å². The summed E-state index contributed by atoms with van der Waals surface area (Å²) in [6, 6.07) is 12.9. The quantitative estimate of drug-likeness (QED) is 0.394. The van der Waals surface area contributed by atoms with E-state index in [0.717, 1.165) is 5.56 Å². The molecule has 202 valence electrons. The van der Waals surface area contributed by atoms with E-state index in [0.29, 0.717) is 74.3 Å². The number of hydrogen-bond acceptors (Lipinski definition) is 6. The van der Waals surface area contributed by atoms with Crippen molar-refractivity contribution >= 4 is 23.4 Å². The third-order valence-corrected chi connectivity index (χ3v) is 6.90. The molecule has 0 radical (unpaired) electrons. The zero-order valence-corrected chi connectivity index (χ0v) is 22.6. The van der Waals surface area contributed by atoms with Gasteiger partial charge < -0.3 is 30.2 Å². The van der Waals surface area contributed by atoms with Crippen LogP contribution in [0, 0.1) is 17.8 Å². The molecule has 0 bridgehead atoms. The molecule has 0 saturated carbocycles. The smallest absolute Gasteiger partial charge is 0.296 e. The molecule has 0 aliphatic carbocycles. The van der Waals surface area contributed by atoms with Gasteiger partial charge in [-0.1, -0.05) is 43.5 Å². The van der Waals surface area contributed by atoms with Crippen molar-refractivity contribution in [3.05, 3.63) is 58.6 Å². The number of piperidine rings is 1. The van der Waals surface area contributed by atoms with E-state index in [1.807, 2.05) is 29.2 Å². The first-order chi connectivity index (χ1) is 18.3. The summed E-state index contributed by atoms with van der Waals surface area (Å²) >= 11 is 6.05. The van der Waals surface area contributed by atoms with Gasteiger partial charge in [0.25, 0.3) is 11.7 Å². The molecule has 1 spiro atoms. The fourth-order valence-electron chi connectivity index (χ4n) is 4.72. The average molecular weight is 540 g/mol. The van der Waals surface area contributed by atoms with Crippen LogP contribution in [0.1, 0.15) is 43.7 Å². The molecule has 1 fully saturated rings. The van der Waals surface area contributed by atoms with Crippen molar-refractivity contribution in [1.82, 2.24) is 10.2 Å². The lowest BCUT2D eigenvalue weighted by molar-refractivity contribution is -0.148. The fraction of sp³-hybridized carbons (Fsp3) is 0.448. The van der Waals surface area contributed by atoms with Gasteiger partial charge in [-0.3, -0.25) is 9.59 Å². The Hall–Kier alpha value is -3.25. The molecule has 9 heteroatoms. The molecule has 2 aromatic rings. The Labute approximate surface area is 228 Å². The van der Waals surface area contributed by atoms with Gasteiger partial charge in [0.05, 0.1) is 19.1 Å². The number of rotatable bonds is 8. The Morgan fingerprint density at radius 2 is 1.82 bits per heavy atom. The molecule has 2 aliphatic heterocycles. The molecule has 2 heterocycles. The van der Waals surface area contributed by atoms with Crippen LogP contribution in [-0.2, 0) is 14.3 Å². The Morgan fingerprint density at radius 3 is 2.50 bits per heavy atom. The van der Waals surface area contributed by atoms with E-state index < -0.39 is 5.79 Å². The van der Waals surface area contributed by atoms with Crippen molar-refractivity contribution in [2.75, 3.05) is 39.4 Å². The fourth-order valence-corrected chi connectivity index (χ4v) is 4.84. The summed E-state index contributed by atoms with van der Waals surface area (Å²) in [6.45, 7) is 6.84. The monoisotopic (exact) mass is 539 g/mol. The van der Waals surface area contributed by atoms with E-state index >= 15 is 0 Å². The van der Waals surface area contributed by atoms with E-state index in [9.17, 15) is 9.59 Å². The standard InChI is InChI=1S/C29H34ClN3O5/c1-20(2)27(22-5-7-23(30)8-6-22)28(35)33-15-11-29(12-16-33)37-24-9-3-21(19-25(24)38-29)4-10-26(34)32-14-18-36-17-13-31/h3,5-9,19-20,27H,11-18,31H2,1-2H3,(H,32,34)/t27-/m0/s1. The number of benzene rings is 2. The third-order valence-electron chi connectivity index (χ3n) is 6.65. The van der Waals surface area contributed by atoms with Gasteiger partial charge in [-0.15, -0.1) is 0 Å². The topological polar surface area (TPSA) is 103 Å². The van der Waals surface area contributed by atoms with Gasteiger partial charge in [0, 0.05) is 55.5 Å². The second-order valence-corrected chi connectivity index (χ2v) is 10.2. The normalized spacial score (nSPS) is 16.2. The highest BCUT2D eigenvalue weighted by Crippen LogP contribution is 2.44. The lowest BCUT2D eigenvalue weighted by Gasteiger charge is -2.39. The van der Waals surface area contributed by atoms with E-state index in [1.54, 1.807) is 18.2 Å². The van der Waals surface area contributed by atoms with Gasteiger partial charge in [-0.2, -0.15) is 0 Å². The largest absolute Gasteiger partial charge is 0.448 e. The van der Waals surface area contributed by atoms with Crippen molar-refractivity contribution < 1.29 is 23.8 Å².